The lowest BCUT2D eigenvalue weighted by atomic mass is 10.3. The van der Waals surface area contributed by atoms with E-state index in [1.54, 1.807) is 11.3 Å². The third-order valence-electron chi connectivity index (χ3n) is 2.75. The van der Waals surface area contributed by atoms with Crippen LogP contribution in [0.1, 0.15) is 12.5 Å². The smallest absolute Gasteiger partial charge is 0.191 e. The van der Waals surface area contributed by atoms with Crippen LogP contribution in [-0.2, 0) is 6.54 Å². The summed E-state index contributed by atoms with van der Waals surface area (Å²) in [6.45, 7) is 4.58. The molecule has 0 aliphatic heterocycles. The Morgan fingerprint density at radius 2 is 2.05 bits per heavy atom. The first-order chi connectivity index (χ1) is 10.4. The van der Waals surface area contributed by atoms with Crippen molar-refractivity contribution in [2.45, 2.75) is 18.4 Å². The minimum atomic E-state index is 0.727. The number of nitrogens with one attached hydrogen (secondary N) is 2. The molecule has 0 saturated carbocycles. The quantitative estimate of drug-likeness (QED) is 0.354. The summed E-state index contributed by atoms with van der Waals surface area (Å²) in [5.41, 5.74) is 1.26. The summed E-state index contributed by atoms with van der Waals surface area (Å²) in [5.74, 6) is 1.91. The summed E-state index contributed by atoms with van der Waals surface area (Å²) in [4.78, 5) is 5.90. The van der Waals surface area contributed by atoms with Crippen LogP contribution < -0.4 is 10.6 Å². The van der Waals surface area contributed by atoms with E-state index in [0.29, 0.717) is 0 Å². The van der Waals surface area contributed by atoms with E-state index in [4.69, 9.17) is 0 Å². The van der Waals surface area contributed by atoms with Crippen molar-refractivity contribution in [2.75, 3.05) is 18.8 Å². The van der Waals surface area contributed by atoms with Gasteiger partial charge in [0.05, 0.1) is 6.54 Å². The molecule has 0 atom stereocenters. The van der Waals surface area contributed by atoms with Gasteiger partial charge in [0.15, 0.2) is 5.96 Å². The molecule has 3 nitrogen and oxygen atoms in total. The van der Waals surface area contributed by atoms with E-state index in [2.05, 4.69) is 63.6 Å². The fourth-order valence-corrected chi connectivity index (χ4v) is 3.20. The van der Waals surface area contributed by atoms with Gasteiger partial charge in [-0.3, -0.25) is 0 Å². The summed E-state index contributed by atoms with van der Waals surface area (Å²) in [7, 11) is 0. The minimum Gasteiger partial charge on any atom is -0.357 e. The number of hydrogen-bond donors (Lipinski definition) is 2. The highest BCUT2D eigenvalue weighted by Crippen LogP contribution is 2.15. The molecule has 0 unspecified atom stereocenters. The van der Waals surface area contributed by atoms with Crippen molar-refractivity contribution >= 4 is 29.1 Å². The van der Waals surface area contributed by atoms with E-state index in [0.717, 1.165) is 31.3 Å². The Hall–Kier alpha value is -1.46. The molecule has 0 aliphatic rings. The number of thiophene rings is 1. The van der Waals surface area contributed by atoms with Crippen LogP contribution >= 0.6 is 23.1 Å². The Morgan fingerprint density at radius 3 is 2.76 bits per heavy atom. The summed E-state index contributed by atoms with van der Waals surface area (Å²) < 4.78 is 0. The van der Waals surface area contributed by atoms with Crippen LogP contribution in [-0.4, -0.2) is 24.8 Å². The van der Waals surface area contributed by atoms with Gasteiger partial charge >= 0.3 is 0 Å². The molecule has 5 heteroatoms. The van der Waals surface area contributed by atoms with Crippen LogP contribution in [0.3, 0.4) is 0 Å². The third kappa shape index (κ3) is 6.23. The molecule has 1 aromatic heterocycles. The molecule has 2 N–H and O–H groups in total. The van der Waals surface area contributed by atoms with Crippen LogP contribution in [0, 0.1) is 0 Å². The van der Waals surface area contributed by atoms with Gasteiger partial charge in [-0.1, -0.05) is 18.2 Å². The van der Waals surface area contributed by atoms with Gasteiger partial charge in [0.1, 0.15) is 0 Å². The highest BCUT2D eigenvalue weighted by atomic mass is 32.2. The molecule has 1 aromatic carbocycles. The van der Waals surface area contributed by atoms with Crippen LogP contribution in [0.4, 0.5) is 0 Å². The second-order valence-electron chi connectivity index (χ2n) is 4.42. The number of guanidine groups is 1. The normalized spacial score (nSPS) is 11.4. The van der Waals surface area contributed by atoms with Crippen molar-refractivity contribution in [2.24, 2.45) is 4.99 Å². The van der Waals surface area contributed by atoms with Gasteiger partial charge in [-0.05, 0) is 41.4 Å². The van der Waals surface area contributed by atoms with E-state index in [1.807, 2.05) is 17.8 Å². The van der Waals surface area contributed by atoms with Crippen LogP contribution in [0.25, 0.3) is 0 Å². The summed E-state index contributed by atoms with van der Waals surface area (Å²) in [5, 5.41) is 10.9. The van der Waals surface area contributed by atoms with E-state index in [-0.39, 0.29) is 0 Å². The molecule has 0 bridgehead atoms. The molecule has 112 valence electrons. The van der Waals surface area contributed by atoms with Crippen LogP contribution in [0.2, 0.25) is 0 Å². The first-order valence-electron chi connectivity index (χ1n) is 7.09. The summed E-state index contributed by atoms with van der Waals surface area (Å²) in [6, 6.07) is 12.6. The number of thioether (sulfide) groups is 1. The van der Waals surface area contributed by atoms with Crippen molar-refractivity contribution in [1.82, 2.24) is 10.6 Å². The van der Waals surface area contributed by atoms with Gasteiger partial charge in [-0.2, -0.15) is 11.3 Å². The Labute approximate surface area is 134 Å². The molecule has 0 saturated heterocycles. The van der Waals surface area contributed by atoms with Crippen LogP contribution in [0.15, 0.2) is 57.0 Å². The van der Waals surface area contributed by atoms with Gasteiger partial charge in [-0.15, -0.1) is 11.8 Å². The van der Waals surface area contributed by atoms with E-state index in [1.165, 1.54) is 10.5 Å². The predicted octanol–water partition coefficient (Wildman–Crippen LogP) is 3.60. The zero-order valence-electron chi connectivity index (χ0n) is 12.2. The second kappa shape index (κ2) is 9.47. The topological polar surface area (TPSA) is 36.4 Å². The van der Waals surface area contributed by atoms with E-state index in [9.17, 15) is 0 Å². The Kier molecular flexibility index (Phi) is 7.18. The standard InChI is InChI=1S/C16H21N3S2/c1-2-17-16(19-12-14-8-10-20-13-14)18-9-11-21-15-6-4-3-5-7-15/h3-8,10,13H,2,9,11-12H2,1H3,(H2,17,18,19). The highest BCUT2D eigenvalue weighted by Gasteiger charge is 1.98. The zero-order chi connectivity index (χ0) is 14.8. The van der Waals surface area contributed by atoms with Crippen molar-refractivity contribution in [3.05, 3.63) is 52.7 Å². The lowest BCUT2D eigenvalue weighted by Gasteiger charge is -2.10. The van der Waals surface area contributed by atoms with Crippen molar-refractivity contribution < 1.29 is 0 Å². The van der Waals surface area contributed by atoms with Crippen molar-refractivity contribution in [3.63, 3.8) is 0 Å². The van der Waals surface area contributed by atoms with E-state index >= 15 is 0 Å². The molecule has 21 heavy (non-hydrogen) atoms. The van der Waals surface area contributed by atoms with Gasteiger partial charge < -0.3 is 10.6 Å². The Bertz CT molecular complexity index is 524. The minimum absolute atomic E-state index is 0.727. The lowest BCUT2D eigenvalue weighted by molar-refractivity contribution is 0.843. The molecular formula is C16H21N3S2. The van der Waals surface area contributed by atoms with E-state index < -0.39 is 0 Å². The maximum absolute atomic E-state index is 4.59. The molecule has 0 fully saturated rings. The fraction of sp³-hybridized carbons (Fsp3) is 0.312. The average molecular weight is 319 g/mol. The maximum atomic E-state index is 4.59. The molecule has 2 aromatic rings. The molecule has 2 rings (SSSR count). The maximum Gasteiger partial charge on any atom is 0.191 e. The summed E-state index contributed by atoms with van der Waals surface area (Å²) in [6.07, 6.45) is 0. The van der Waals surface area contributed by atoms with Crippen LogP contribution in [0.5, 0.6) is 0 Å². The lowest BCUT2D eigenvalue weighted by Crippen LogP contribution is -2.38. The first kappa shape index (κ1) is 15.9. The number of hydrogen-bond acceptors (Lipinski definition) is 3. The Balaban J connectivity index is 1.73. The molecule has 0 aliphatic carbocycles. The Morgan fingerprint density at radius 1 is 1.19 bits per heavy atom. The fourth-order valence-electron chi connectivity index (χ4n) is 1.75. The summed E-state index contributed by atoms with van der Waals surface area (Å²) >= 11 is 3.56. The zero-order valence-corrected chi connectivity index (χ0v) is 13.8. The van der Waals surface area contributed by atoms with Crippen molar-refractivity contribution in [1.29, 1.82) is 0 Å². The number of aliphatic imine (C=N–C) groups is 1. The third-order valence-corrected chi connectivity index (χ3v) is 4.50. The van der Waals surface area contributed by atoms with Gasteiger partial charge in [0.25, 0.3) is 0 Å². The number of benzene rings is 1. The highest BCUT2D eigenvalue weighted by molar-refractivity contribution is 7.99. The molecule has 0 spiro atoms. The van der Waals surface area contributed by atoms with Gasteiger partial charge in [-0.25, -0.2) is 4.99 Å². The molecule has 0 radical (unpaired) electrons. The first-order valence-corrected chi connectivity index (χ1v) is 9.02. The number of rotatable bonds is 7. The van der Waals surface area contributed by atoms with Gasteiger partial charge in [0.2, 0.25) is 0 Å². The molecular weight excluding hydrogens is 298 g/mol. The van der Waals surface area contributed by atoms with Gasteiger partial charge in [0, 0.05) is 23.7 Å². The second-order valence-corrected chi connectivity index (χ2v) is 6.36. The SMILES string of the molecule is CCNC(=NCc1ccsc1)NCCSc1ccccc1. The monoisotopic (exact) mass is 319 g/mol. The number of nitrogens with zero attached hydrogens (tertiary/aromatic N) is 1. The molecule has 0 amide bonds. The largest absolute Gasteiger partial charge is 0.357 e. The predicted molar refractivity (Wildman–Crippen MR) is 94.3 cm³/mol. The average Bonchev–Trinajstić information content (AvgIpc) is 3.03. The molecule has 1 heterocycles. The van der Waals surface area contributed by atoms with Crippen molar-refractivity contribution in [3.8, 4) is 0 Å².